The highest BCUT2D eigenvalue weighted by atomic mass is 19.1. The summed E-state index contributed by atoms with van der Waals surface area (Å²) >= 11 is 0. The molecule has 0 bridgehead atoms. The molecule has 1 aromatic carbocycles. The Bertz CT molecular complexity index is 992. The molecule has 1 aliphatic heterocycles. The Morgan fingerprint density at radius 2 is 2.07 bits per heavy atom. The number of pyridine rings is 1. The van der Waals surface area contributed by atoms with Gasteiger partial charge in [0.05, 0.1) is 17.4 Å². The van der Waals surface area contributed by atoms with Gasteiger partial charge in [-0.3, -0.25) is 9.80 Å². The molecule has 3 aromatic rings. The molecular formula is C21H25FN6. The Balaban J connectivity index is 1.63. The standard InChI is InChI=1S/C21H25FN6/c1-27-8-4-3-5-19(27)28(2)12-14-9-15(11-16(22)10-14)17-6-7-18-20(26-17)21(23)25-13-24-18/h6-7,9-11,13,19H,3-5,8,12H2,1-2H3,(H2,23,24,25). The van der Waals surface area contributed by atoms with Crippen molar-refractivity contribution in [2.45, 2.75) is 32.0 Å². The highest BCUT2D eigenvalue weighted by Crippen LogP contribution is 2.25. The van der Waals surface area contributed by atoms with Gasteiger partial charge < -0.3 is 5.73 Å². The van der Waals surface area contributed by atoms with E-state index in [-0.39, 0.29) is 5.82 Å². The second kappa shape index (κ2) is 7.77. The van der Waals surface area contributed by atoms with E-state index in [0.29, 0.717) is 35.3 Å². The monoisotopic (exact) mass is 380 g/mol. The zero-order chi connectivity index (χ0) is 19.7. The van der Waals surface area contributed by atoms with Crippen LogP contribution in [0.5, 0.6) is 0 Å². The summed E-state index contributed by atoms with van der Waals surface area (Å²) in [6.07, 6.45) is 5.41. The molecular weight excluding hydrogens is 355 g/mol. The van der Waals surface area contributed by atoms with E-state index < -0.39 is 0 Å². The zero-order valence-electron chi connectivity index (χ0n) is 16.3. The Kier molecular flexibility index (Phi) is 5.19. The molecule has 2 aromatic heterocycles. The van der Waals surface area contributed by atoms with Crippen LogP contribution in [-0.2, 0) is 6.54 Å². The minimum Gasteiger partial charge on any atom is -0.382 e. The second-order valence-electron chi connectivity index (χ2n) is 7.54. The number of piperidine rings is 1. The number of aromatic nitrogens is 3. The summed E-state index contributed by atoms with van der Waals surface area (Å²) in [5.41, 5.74) is 9.45. The molecule has 1 fully saturated rings. The smallest absolute Gasteiger partial charge is 0.153 e. The molecule has 4 rings (SSSR count). The first-order valence-corrected chi connectivity index (χ1v) is 9.59. The molecule has 0 saturated carbocycles. The molecule has 6 nitrogen and oxygen atoms in total. The van der Waals surface area contributed by atoms with Crippen LogP contribution in [0.25, 0.3) is 22.3 Å². The molecule has 7 heteroatoms. The van der Waals surface area contributed by atoms with Gasteiger partial charge >= 0.3 is 0 Å². The number of rotatable bonds is 4. The topological polar surface area (TPSA) is 71.2 Å². The van der Waals surface area contributed by atoms with E-state index in [0.717, 1.165) is 24.1 Å². The highest BCUT2D eigenvalue weighted by Gasteiger charge is 2.23. The first-order chi connectivity index (χ1) is 13.5. The Labute approximate surface area is 164 Å². The van der Waals surface area contributed by atoms with Gasteiger partial charge in [-0.15, -0.1) is 0 Å². The van der Waals surface area contributed by atoms with Crippen LogP contribution in [0.2, 0.25) is 0 Å². The number of anilines is 1. The molecule has 3 heterocycles. The van der Waals surface area contributed by atoms with Gasteiger partial charge in [0.25, 0.3) is 0 Å². The third kappa shape index (κ3) is 3.81. The first-order valence-electron chi connectivity index (χ1n) is 9.59. The van der Waals surface area contributed by atoms with Crippen LogP contribution in [0.3, 0.4) is 0 Å². The number of hydrogen-bond donors (Lipinski definition) is 1. The van der Waals surface area contributed by atoms with Gasteiger partial charge in [-0.25, -0.2) is 19.3 Å². The average molecular weight is 380 g/mol. The summed E-state index contributed by atoms with van der Waals surface area (Å²) in [7, 11) is 4.26. The fraction of sp³-hybridized carbons (Fsp3) is 0.381. The van der Waals surface area contributed by atoms with Crippen molar-refractivity contribution in [1.82, 2.24) is 24.8 Å². The van der Waals surface area contributed by atoms with Gasteiger partial charge in [0.15, 0.2) is 5.82 Å². The van der Waals surface area contributed by atoms with Crippen molar-refractivity contribution < 1.29 is 4.39 Å². The molecule has 1 aliphatic rings. The van der Waals surface area contributed by atoms with Crippen molar-refractivity contribution in [3.63, 3.8) is 0 Å². The minimum absolute atomic E-state index is 0.267. The van der Waals surface area contributed by atoms with Crippen molar-refractivity contribution in [3.8, 4) is 11.3 Å². The minimum atomic E-state index is -0.267. The van der Waals surface area contributed by atoms with Gasteiger partial charge in [0.2, 0.25) is 0 Å². The van der Waals surface area contributed by atoms with Crippen LogP contribution in [0.15, 0.2) is 36.7 Å². The lowest BCUT2D eigenvalue weighted by molar-refractivity contribution is 0.0453. The predicted octanol–water partition coefficient (Wildman–Crippen LogP) is 3.29. The van der Waals surface area contributed by atoms with Crippen LogP contribution in [0.1, 0.15) is 24.8 Å². The largest absolute Gasteiger partial charge is 0.382 e. The molecule has 28 heavy (non-hydrogen) atoms. The number of fused-ring (bicyclic) bond motifs is 1. The summed E-state index contributed by atoms with van der Waals surface area (Å²) in [6, 6.07) is 8.78. The van der Waals surface area contributed by atoms with Crippen molar-refractivity contribution in [2.24, 2.45) is 0 Å². The van der Waals surface area contributed by atoms with Crippen LogP contribution in [0, 0.1) is 5.82 Å². The Hall–Kier alpha value is -2.64. The zero-order valence-corrected chi connectivity index (χ0v) is 16.3. The molecule has 0 radical (unpaired) electrons. The normalized spacial score (nSPS) is 18.1. The maximum absolute atomic E-state index is 14.4. The number of benzene rings is 1. The molecule has 0 amide bonds. The van der Waals surface area contributed by atoms with Crippen LogP contribution in [-0.4, -0.2) is 51.6 Å². The fourth-order valence-corrected chi connectivity index (χ4v) is 4.02. The molecule has 1 unspecified atom stereocenters. The lowest BCUT2D eigenvalue weighted by Crippen LogP contribution is -2.46. The van der Waals surface area contributed by atoms with Gasteiger partial charge in [-0.05, 0) is 75.8 Å². The van der Waals surface area contributed by atoms with Crippen molar-refractivity contribution in [2.75, 3.05) is 26.4 Å². The Morgan fingerprint density at radius 1 is 1.21 bits per heavy atom. The van der Waals surface area contributed by atoms with E-state index in [1.54, 1.807) is 6.07 Å². The third-order valence-electron chi connectivity index (χ3n) is 5.44. The maximum atomic E-state index is 14.4. The van der Waals surface area contributed by atoms with Gasteiger partial charge in [-0.2, -0.15) is 0 Å². The van der Waals surface area contributed by atoms with E-state index in [1.165, 1.54) is 25.2 Å². The van der Waals surface area contributed by atoms with E-state index in [1.807, 2.05) is 18.2 Å². The number of nitrogen functional groups attached to an aromatic ring is 1. The Morgan fingerprint density at radius 3 is 2.89 bits per heavy atom. The average Bonchev–Trinajstić information content (AvgIpc) is 2.68. The van der Waals surface area contributed by atoms with Crippen LogP contribution >= 0.6 is 0 Å². The third-order valence-corrected chi connectivity index (χ3v) is 5.44. The predicted molar refractivity (Wildman–Crippen MR) is 109 cm³/mol. The van der Waals surface area contributed by atoms with Gasteiger partial charge in [-0.1, -0.05) is 0 Å². The molecule has 1 saturated heterocycles. The highest BCUT2D eigenvalue weighted by molar-refractivity contribution is 5.85. The van der Waals surface area contributed by atoms with Gasteiger partial charge in [0.1, 0.15) is 17.7 Å². The molecule has 0 spiro atoms. The lowest BCUT2D eigenvalue weighted by atomic mass is 10.0. The fourth-order valence-electron chi connectivity index (χ4n) is 4.02. The number of halogens is 1. The van der Waals surface area contributed by atoms with Crippen LogP contribution in [0.4, 0.5) is 10.2 Å². The quantitative estimate of drug-likeness (QED) is 0.749. The lowest BCUT2D eigenvalue weighted by Gasteiger charge is -2.38. The van der Waals surface area contributed by atoms with E-state index in [9.17, 15) is 4.39 Å². The SMILES string of the molecule is CN1CCCCC1N(C)Cc1cc(F)cc(-c2ccc3ncnc(N)c3n2)c1. The molecule has 146 valence electrons. The van der Waals surface area contributed by atoms with Crippen molar-refractivity contribution in [1.29, 1.82) is 0 Å². The number of nitrogens with two attached hydrogens (primary N) is 1. The van der Waals surface area contributed by atoms with E-state index >= 15 is 0 Å². The second-order valence-corrected chi connectivity index (χ2v) is 7.54. The van der Waals surface area contributed by atoms with Crippen molar-refractivity contribution >= 4 is 16.9 Å². The van der Waals surface area contributed by atoms with E-state index in [4.69, 9.17) is 5.73 Å². The molecule has 1 atom stereocenters. The summed E-state index contributed by atoms with van der Waals surface area (Å²) in [6.45, 7) is 1.78. The summed E-state index contributed by atoms with van der Waals surface area (Å²) in [4.78, 5) is 17.4. The summed E-state index contributed by atoms with van der Waals surface area (Å²) in [5.74, 6) is 0.0561. The molecule has 0 aliphatic carbocycles. The molecule has 2 N–H and O–H groups in total. The number of hydrogen-bond acceptors (Lipinski definition) is 6. The number of likely N-dealkylation sites (tertiary alicyclic amines) is 1. The summed E-state index contributed by atoms with van der Waals surface area (Å²) in [5, 5.41) is 0. The maximum Gasteiger partial charge on any atom is 0.153 e. The van der Waals surface area contributed by atoms with E-state index in [2.05, 4.69) is 38.8 Å². The number of nitrogens with zero attached hydrogens (tertiary/aromatic N) is 5. The first kappa shape index (κ1) is 18.7. The summed E-state index contributed by atoms with van der Waals surface area (Å²) < 4.78 is 14.4. The van der Waals surface area contributed by atoms with Crippen LogP contribution < -0.4 is 5.73 Å². The van der Waals surface area contributed by atoms with Crippen molar-refractivity contribution in [3.05, 3.63) is 48.0 Å². The van der Waals surface area contributed by atoms with Gasteiger partial charge in [0, 0.05) is 12.1 Å².